The van der Waals surface area contributed by atoms with Crippen LogP contribution in [0.1, 0.15) is 10.4 Å². The van der Waals surface area contributed by atoms with E-state index in [0.29, 0.717) is 22.7 Å². The maximum absolute atomic E-state index is 12.5. The van der Waals surface area contributed by atoms with E-state index < -0.39 is 10.0 Å². The van der Waals surface area contributed by atoms with Gasteiger partial charge in [-0.05, 0) is 83.3 Å². The zero-order valence-electron chi connectivity index (χ0n) is 14.8. The Morgan fingerprint density at radius 2 is 1.50 bits per heavy atom. The molecule has 0 atom stereocenters. The number of ether oxygens (including phenoxy) is 1. The quantitative estimate of drug-likeness (QED) is 0.485. The zero-order valence-corrected chi connectivity index (χ0v) is 17.8. The summed E-state index contributed by atoms with van der Waals surface area (Å²) in [6, 6.07) is 19.8. The largest absolute Gasteiger partial charge is 0.497 e. The van der Waals surface area contributed by atoms with E-state index in [9.17, 15) is 13.2 Å². The minimum atomic E-state index is -3.74. The highest BCUT2D eigenvalue weighted by atomic mass is 127. The molecule has 0 fully saturated rings. The second-order valence-corrected chi connectivity index (χ2v) is 8.64. The molecule has 3 rings (SSSR count). The second-order valence-electron chi connectivity index (χ2n) is 5.79. The number of anilines is 2. The van der Waals surface area contributed by atoms with Crippen LogP contribution in [0.15, 0.2) is 77.7 Å². The van der Waals surface area contributed by atoms with Gasteiger partial charge in [0.05, 0.1) is 17.6 Å². The van der Waals surface area contributed by atoms with Crippen molar-refractivity contribution >= 4 is 49.9 Å². The van der Waals surface area contributed by atoms with Crippen molar-refractivity contribution in [1.29, 1.82) is 0 Å². The molecule has 0 radical (unpaired) electrons. The number of carbonyl (C=O) groups excluding carboxylic acids is 1. The van der Waals surface area contributed by atoms with Gasteiger partial charge in [-0.1, -0.05) is 12.1 Å². The normalized spacial score (nSPS) is 10.9. The van der Waals surface area contributed by atoms with Crippen LogP contribution in [0, 0.1) is 3.57 Å². The van der Waals surface area contributed by atoms with Crippen molar-refractivity contribution in [3.8, 4) is 5.75 Å². The van der Waals surface area contributed by atoms with Gasteiger partial charge in [0.2, 0.25) is 0 Å². The predicted molar refractivity (Wildman–Crippen MR) is 117 cm³/mol. The molecule has 144 valence electrons. The molecule has 8 heteroatoms. The fourth-order valence-electron chi connectivity index (χ4n) is 2.43. The lowest BCUT2D eigenvalue weighted by Crippen LogP contribution is -2.14. The Hall–Kier alpha value is -2.59. The molecule has 0 aromatic heterocycles. The summed E-state index contributed by atoms with van der Waals surface area (Å²) in [6.07, 6.45) is 0. The third-order valence-electron chi connectivity index (χ3n) is 3.88. The van der Waals surface area contributed by atoms with E-state index in [1.54, 1.807) is 48.5 Å². The van der Waals surface area contributed by atoms with E-state index in [-0.39, 0.29) is 10.8 Å². The van der Waals surface area contributed by atoms with Crippen LogP contribution in [0.3, 0.4) is 0 Å². The predicted octanol–water partition coefficient (Wildman–Crippen LogP) is 4.35. The Bertz CT molecular complexity index is 1080. The number of sulfonamides is 1. The number of methoxy groups -OCH3 is 1. The fraction of sp³-hybridized carbons (Fsp3) is 0.0500. The summed E-state index contributed by atoms with van der Waals surface area (Å²) >= 11 is 2.09. The molecule has 0 bridgehead atoms. The van der Waals surface area contributed by atoms with Crippen molar-refractivity contribution in [2.45, 2.75) is 4.90 Å². The van der Waals surface area contributed by atoms with Crippen LogP contribution >= 0.6 is 22.6 Å². The highest BCUT2D eigenvalue weighted by molar-refractivity contribution is 14.1. The highest BCUT2D eigenvalue weighted by Gasteiger charge is 2.15. The van der Waals surface area contributed by atoms with Crippen molar-refractivity contribution in [3.63, 3.8) is 0 Å². The van der Waals surface area contributed by atoms with Crippen LogP contribution in [0.4, 0.5) is 11.4 Å². The van der Waals surface area contributed by atoms with E-state index in [4.69, 9.17) is 4.74 Å². The Labute approximate surface area is 177 Å². The molecule has 0 aliphatic rings. The zero-order chi connectivity index (χ0) is 20.1. The van der Waals surface area contributed by atoms with Crippen molar-refractivity contribution in [2.24, 2.45) is 0 Å². The molecule has 0 aliphatic carbocycles. The van der Waals surface area contributed by atoms with Crippen LogP contribution in [0.25, 0.3) is 0 Å². The lowest BCUT2D eigenvalue weighted by atomic mass is 10.2. The molecule has 3 aromatic rings. The third kappa shape index (κ3) is 4.82. The molecule has 0 unspecified atom stereocenters. The number of benzene rings is 3. The maximum Gasteiger partial charge on any atom is 0.261 e. The molecule has 1 amide bonds. The Morgan fingerprint density at radius 3 is 2.11 bits per heavy atom. The van der Waals surface area contributed by atoms with Crippen LogP contribution in [0.5, 0.6) is 5.75 Å². The molecule has 2 N–H and O–H groups in total. The molecule has 28 heavy (non-hydrogen) atoms. The van der Waals surface area contributed by atoms with Gasteiger partial charge in [-0.25, -0.2) is 8.42 Å². The van der Waals surface area contributed by atoms with E-state index in [1.807, 2.05) is 12.1 Å². The number of halogens is 1. The van der Waals surface area contributed by atoms with Gasteiger partial charge in [-0.15, -0.1) is 0 Å². The topological polar surface area (TPSA) is 84.5 Å². The van der Waals surface area contributed by atoms with Crippen molar-refractivity contribution in [3.05, 3.63) is 81.9 Å². The summed E-state index contributed by atoms with van der Waals surface area (Å²) in [5.41, 5.74) is 1.49. The highest BCUT2D eigenvalue weighted by Crippen LogP contribution is 2.21. The molecule has 6 nitrogen and oxygen atoms in total. The number of hydrogen-bond donors (Lipinski definition) is 2. The molecule has 0 spiro atoms. The minimum Gasteiger partial charge on any atom is -0.497 e. The van der Waals surface area contributed by atoms with Crippen molar-refractivity contribution in [2.75, 3.05) is 17.1 Å². The van der Waals surface area contributed by atoms with Crippen LogP contribution in [-0.2, 0) is 10.0 Å². The molecule has 0 aliphatic heterocycles. The molecule has 0 heterocycles. The first kappa shape index (κ1) is 20.2. The number of hydrogen-bond acceptors (Lipinski definition) is 4. The lowest BCUT2D eigenvalue weighted by Gasteiger charge is -2.10. The van der Waals surface area contributed by atoms with E-state index in [0.717, 1.165) is 3.57 Å². The molecule has 0 saturated carbocycles. The average molecular weight is 508 g/mol. The van der Waals surface area contributed by atoms with Gasteiger partial charge < -0.3 is 10.1 Å². The summed E-state index contributed by atoms with van der Waals surface area (Å²) < 4.78 is 33.4. The average Bonchev–Trinajstić information content (AvgIpc) is 2.69. The fourth-order valence-corrected chi connectivity index (χ4v) is 4.13. The van der Waals surface area contributed by atoms with Crippen LogP contribution < -0.4 is 14.8 Å². The van der Waals surface area contributed by atoms with E-state index in [2.05, 4.69) is 32.6 Å². The first-order valence-electron chi connectivity index (χ1n) is 8.22. The Morgan fingerprint density at radius 1 is 0.893 bits per heavy atom. The Kier molecular flexibility index (Phi) is 6.20. The van der Waals surface area contributed by atoms with Gasteiger partial charge in [0.1, 0.15) is 5.75 Å². The van der Waals surface area contributed by atoms with E-state index in [1.165, 1.54) is 19.2 Å². The number of amides is 1. The van der Waals surface area contributed by atoms with Crippen molar-refractivity contribution < 1.29 is 17.9 Å². The van der Waals surface area contributed by atoms with Crippen LogP contribution in [-0.4, -0.2) is 21.4 Å². The molecule has 0 saturated heterocycles. The van der Waals surface area contributed by atoms with Gasteiger partial charge in [-0.2, -0.15) is 0 Å². The summed E-state index contributed by atoms with van der Waals surface area (Å²) in [5.74, 6) is 0.382. The van der Waals surface area contributed by atoms with Crippen LogP contribution in [0.2, 0.25) is 0 Å². The van der Waals surface area contributed by atoms with Gasteiger partial charge in [0.15, 0.2) is 0 Å². The lowest BCUT2D eigenvalue weighted by molar-refractivity contribution is 0.102. The van der Waals surface area contributed by atoms with Gasteiger partial charge >= 0.3 is 0 Å². The smallest absolute Gasteiger partial charge is 0.261 e. The third-order valence-corrected chi connectivity index (χ3v) is 6.22. The maximum atomic E-state index is 12.5. The first-order valence-corrected chi connectivity index (χ1v) is 10.8. The molecule has 3 aromatic carbocycles. The Balaban J connectivity index is 1.72. The first-order chi connectivity index (χ1) is 13.4. The summed E-state index contributed by atoms with van der Waals surface area (Å²) in [6.45, 7) is 0. The van der Waals surface area contributed by atoms with Gasteiger partial charge in [-0.3, -0.25) is 9.52 Å². The van der Waals surface area contributed by atoms with Gasteiger partial charge in [0.25, 0.3) is 15.9 Å². The monoisotopic (exact) mass is 508 g/mol. The standard InChI is InChI=1S/C20H17IN2O4S/c1-27-16-10-6-15(7-11-16)23-28(25,26)17-12-8-14(9-13-17)22-20(24)18-4-2-3-5-19(18)21/h2-13,23H,1H3,(H,22,24). The summed E-state index contributed by atoms with van der Waals surface area (Å²) in [5, 5.41) is 2.77. The summed E-state index contributed by atoms with van der Waals surface area (Å²) in [4.78, 5) is 12.4. The van der Waals surface area contributed by atoms with Crippen molar-refractivity contribution in [1.82, 2.24) is 0 Å². The molecular weight excluding hydrogens is 491 g/mol. The second kappa shape index (κ2) is 8.61. The summed E-state index contributed by atoms with van der Waals surface area (Å²) in [7, 11) is -2.20. The minimum absolute atomic E-state index is 0.0932. The van der Waals surface area contributed by atoms with E-state index >= 15 is 0 Å². The number of nitrogens with one attached hydrogen (secondary N) is 2. The number of rotatable bonds is 6. The number of carbonyl (C=O) groups is 1. The SMILES string of the molecule is COc1ccc(NS(=O)(=O)c2ccc(NC(=O)c3ccccc3I)cc2)cc1. The van der Waals surface area contributed by atoms with Gasteiger partial charge in [0, 0.05) is 14.9 Å². The molecular formula is C20H17IN2O4S.